The second-order valence-corrected chi connectivity index (χ2v) is 6.06. The summed E-state index contributed by atoms with van der Waals surface area (Å²) in [6, 6.07) is 0.0730. The molecule has 0 amide bonds. The Hall–Kier alpha value is -0.620. The number of aliphatic carboxylic acids is 1. The van der Waals surface area contributed by atoms with E-state index >= 15 is 0 Å². The average Bonchev–Trinajstić information content (AvgIpc) is 2.66. The minimum atomic E-state index is -3.39. The van der Waals surface area contributed by atoms with Gasteiger partial charge in [0.05, 0.1) is 12.2 Å². The number of hydrogen-bond acceptors (Lipinski definition) is 3. The first kappa shape index (κ1) is 12.4. The lowest BCUT2D eigenvalue weighted by atomic mass is 10.3. The van der Waals surface area contributed by atoms with Crippen molar-refractivity contribution in [2.24, 2.45) is 0 Å². The number of carboxylic acids is 1. The third-order valence-corrected chi connectivity index (χ3v) is 4.75. The standard InChI is InChI=1S/C9H17NO4S/c1-10(8-4-2-3-5-8)15(13,14)7-6-9(11)12/h8H,2-7H2,1H3,(H,11,12). The molecular weight excluding hydrogens is 218 g/mol. The fraction of sp³-hybridized carbons (Fsp3) is 0.889. The predicted molar refractivity (Wildman–Crippen MR) is 56.1 cm³/mol. The van der Waals surface area contributed by atoms with Gasteiger partial charge in [-0.2, -0.15) is 0 Å². The maximum atomic E-state index is 11.7. The molecule has 0 aromatic heterocycles. The van der Waals surface area contributed by atoms with E-state index in [1.54, 1.807) is 7.05 Å². The van der Waals surface area contributed by atoms with Crippen molar-refractivity contribution in [1.29, 1.82) is 0 Å². The van der Waals surface area contributed by atoms with Gasteiger partial charge in [-0.1, -0.05) is 12.8 Å². The Bertz CT molecular complexity index is 319. The molecule has 0 spiro atoms. The summed E-state index contributed by atoms with van der Waals surface area (Å²) >= 11 is 0. The Kier molecular flexibility index (Phi) is 4.10. The summed E-state index contributed by atoms with van der Waals surface area (Å²) in [4.78, 5) is 10.3. The van der Waals surface area contributed by atoms with Gasteiger partial charge in [-0.05, 0) is 12.8 Å². The van der Waals surface area contributed by atoms with Gasteiger partial charge in [0.25, 0.3) is 0 Å². The van der Waals surface area contributed by atoms with Crippen LogP contribution in [-0.2, 0) is 14.8 Å². The lowest BCUT2D eigenvalue weighted by molar-refractivity contribution is -0.136. The van der Waals surface area contributed by atoms with E-state index in [4.69, 9.17) is 5.11 Å². The van der Waals surface area contributed by atoms with Crippen molar-refractivity contribution in [2.45, 2.75) is 38.1 Å². The predicted octanol–water partition coefficient (Wildman–Crippen LogP) is 0.665. The maximum Gasteiger partial charge on any atom is 0.304 e. The van der Waals surface area contributed by atoms with Crippen LogP contribution in [-0.4, -0.2) is 42.6 Å². The number of nitrogens with zero attached hydrogens (tertiary/aromatic N) is 1. The van der Waals surface area contributed by atoms with Crippen LogP contribution in [0.15, 0.2) is 0 Å². The molecule has 1 fully saturated rings. The lowest BCUT2D eigenvalue weighted by Crippen LogP contribution is -2.37. The SMILES string of the molecule is CN(C1CCCC1)S(=O)(=O)CCC(=O)O. The monoisotopic (exact) mass is 235 g/mol. The van der Waals surface area contributed by atoms with Gasteiger partial charge >= 0.3 is 5.97 Å². The van der Waals surface area contributed by atoms with Crippen molar-refractivity contribution in [3.8, 4) is 0 Å². The Morgan fingerprint density at radius 2 is 1.93 bits per heavy atom. The van der Waals surface area contributed by atoms with Gasteiger partial charge < -0.3 is 5.11 Å². The van der Waals surface area contributed by atoms with Crippen molar-refractivity contribution in [3.05, 3.63) is 0 Å². The Labute approximate surface area is 90.1 Å². The zero-order valence-corrected chi connectivity index (χ0v) is 9.66. The molecule has 88 valence electrons. The Morgan fingerprint density at radius 3 is 2.40 bits per heavy atom. The summed E-state index contributed by atoms with van der Waals surface area (Å²) in [6.07, 6.45) is 3.58. The van der Waals surface area contributed by atoms with Gasteiger partial charge in [0, 0.05) is 13.1 Å². The topological polar surface area (TPSA) is 74.7 Å². The third-order valence-electron chi connectivity index (χ3n) is 2.85. The van der Waals surface area contributed by atoms with E-state index in [0.717, 1.165) is 25.7 Å². The summed E-state index contributed by atoms with van der Waals surface area (Å²) in [5, 5.41) is 8.44. The van der Waals surface area contributed by atoms with Crippen LogP contribution in [0, 0.1) is 0 Å². The van der Waals surface area contributed by atoms with Crippen LogP contribution in [0.3, 0.4) is 0 Å². The largest absolute Gasteiger partial charge is 0.481 e. The van der Waals surface area contributed by atoms with E-state index in [1.165, 1.54) is 4.31 Å². The summed E-state index contributed by atoms with van der Waals surface area (Å²) in [5.74, 6) is -1.37. The van der Waals surface area contributed by atoms with Crippen LogP contribution in [0.4, 0.5) is 0 Å². The number of sulfonamides is 1. The molecule has 0 saturated heterocycles. The molecule has 0 aromatic carbocycles. The molecular formula is C9H17NO4S. The quantitative estimate of drug-likeness (QED) is 0.759. The molecule has 0 heterocycles. The van der Waals surface area contributed by atoms with Crippen LogP contribution in [0.5, 0.6) is 0 Å². The average molecular weight is 235 g/mol. The van der Waals surface area contributed by atoms with Gasteiger partial charge in [-0.25, -0.2) is 12.7 Å². The van der Waals surface area contributed by atoms with Crippen LogP contribution in [0.2, 0.25) is 0 Å². The fourth-order valence-electron chi connectivity index (χ4n) is 1.86. The highest BCUT2D eigenvalue weighted by Crippen LogP contribution is 2.24. The maximum absolute atomic E-state index is 11.7. The molecule has 0 bridgehead atoms. The molecule has 1 rings (SSSR count). The van der Waals surface area contributed by atoms with Gasteiger partial charge in [0.2, 0.25) is 10.0 Å². The first-order valence-corrected chi connectivity index (χ1v) is 6.72. The highest BCUT2D eigenvalue weighted by Gasteiger charge is 2.28. The summed E-state index contributed by atoms with van der Waals surface area (Å²) in [7, 11) is -1.84. The van der Waals surface area contributed by atoms with E-state index in [1.807, 2.05) is 0 Å². The van der Waals surface area contributed by atoms with Crippen molar-refractivity contribution >= 4 is 16.0 Å². The van der Waals surface area contributed by atoms with Crippen LogP contribution >= 0.6 is 0 Å². The molecule has 15 heavy (non-hydrogen) atoms. The smallest absolute Gasteiger partial charge is 0.304 e. The van der Waals surface area contributed by atoms with Gasteiger partial charge in [-0.15, -0.1) is 0 Å². The molecule has 1 saturated carbocycles. The molecule has 0 aromatic rings. The molecule has 1 N–H and O–H groups in total. The summed E-state index contributed by atoms with van der Waals surface area (Å²) in [5.41, 5.74) is 0. The van der Waals surface area contributed by atoms with Crippen molar-refractivity contribution in [1.82, 2.24) is 4.31 Å². The minimum Gasteiger partial charge on any atom is -0.481 e. The molecule has 5 nitrogen and oxygen atoms in total. The minimum absolute atomic E-state index is 0.0730. The first-order chi connectivity index (χ1) is 6.93. The normalized spacial score (nSPS) is 18.5. The zero-order valence-electron chi connectivity index (χ0n) is 8.85. The third kappa shape index (κ3) is 3.46. The number of rotatable bonds is 5. The molecule has 0 aliphatic heterocycles. The number of carboxylic acid groups (broad SMARTS) is 1. The van der Waals surface area contributed by atoms with E-state index in [-0.39, 0.29) is 18.2 Å². The molecule has 0 atom stereocenters. The van der Waals surface area contributed by atoms with Gasteiger partial charge in [-0.3, -0.25) is 4.79 Å². The van der Waals surface area contributed by atoms with Crippen molar-refractivity contribution in [3.63, 3.8) is 0 Å². The van der Waals surface area contributed by atoms with Crippen LogP contribution in [0.25, 0.3) is 0 Å². The second kappa shape index (κ2) is 4.94. The molecule has 1 aliphatic rings. The van der Waals surface area contributed by atoms with Crippen molar-refractivity contribution in [2.75, 3.05) is 12.8 Å². The molecule has 0 radical (unpaired) electrons. The second-order valence-electron chi connectivity index (χ2n) is 3.91. The van der Waals surface area contributed by atoms with E-state index in [2.05, 4.69) is 0 Å². The summed E-state index contributed by atoms with van der Waals surface area (Å²) < 4.78 is 24.7. The van der Waals surface area contributed by atoms with Gasteiger partial charge in [0.15, 0.2) is 0 Å². The summed E-state index contributed by atoms with van der Waals surface area (Å²) in [6.45, 7) is 0. The lowest BCUT2D eigenvalue weighted by Gasteiger charge is -2.23. The fourth-order valence-corrected chi connectivity index (χ4v) is 3.24. The molecule has 6 heteroatoms. The van der Waals surface area contributed by atoms with Gasteiger partial charge in [0.1, 0.15) is 0 Å². The number of carbonyl (C=O) groups is 1. The van der Waals surface area contributed by atoms with E-state index < -0.39 is 16.0 Å². The Balaban J connectivity index is 2.55. The number of hydrogen-bond donors (Lipinski definition) is 1. The molecule has 1 aliphatic carbocycles. The highest BCUT2D eigenvalue weighted by atomic mass is 32.2. The zero-order chi connectivity index (χ0) is 11.5. The van der Waals surface area contributed by atoms with Crippen LogP contribution in [0.1, 0.15) is 32.1 Å². The Morgan fingerprint density at radius 1 is 1.40 bits per heavy atom. The van der Waals surface area contributed by atoms with Crippen molar-refractivity contribution < 1.29 is 18.3 Å². The molecule has 0 unspecified atom stereocenters. The van der Waals surface area contributed by atoms with E-state index in [9.17, 15) is 13.2 Å². The highest BCUT2D eigenvalue weighted by molar-refractivity contribution is 7.89. The van der Waals surface area contributed by atoms with Crippen LogP contribution < -0.4 is 0 Å². The first-order valence-electron chi connectivity index (χ1n) is 5.11. The van der Waals surface area contributed by atoms with E-state index in [0.29, 0.717) is 0 Å².